The zero-order chi connectivity index (χ0) is 26.0. The minimum atomic E-state index is -0.521. The van der Waals surface area contributed by atoms with Gasteiger partial charge in [0.05, 0.1) is 5.02 Å². The average Bonchev–Trinajstić information content (AvgIpc) is 2.92. The molecule has 5 nitrogen and oxygen atoms in total. The van der Waals surface area contributed by atoms with Crippen molar-refractivity contribution in [2.45, 2.75) is 13.2 Å². The second kappa shape index (κ2) is 12.8. The van der Waals surface area contributed by atoms with E-state index in [0.717, 1.165) is 15.6 Å². The van der Waals surface area contributed by atoms with Crippen molar-refractivity contribution in [3.05, 3.63) is 129 Å². The second-order valence-electron chi connectivity index (χ2n) is 8.03. The van der Waals surface area contributed by atoms with Gasteiger partial charge < -0.3 is 14.8 Å². The van der Waals surface area contributed by atoms with Crippen molar-refractivity contribution in [3.63, 3.8) is 0 Å². The molecule has 0 spiro atoms. The van der Waals surface area contributed by atoms with Crippen LogP contribution in [0.1, 0.15) is 16.7 Å². The van der Waals surface area contributed by atoms with E-state index in [0.29, 0.717) is 41.0 Å². The van der Waals surface area contributed by atoms with Crippen LogP contribution in [0.15, 0.2) is 107 Å². The summed E-state index contributed by atoms with van der Waals surface area (Å²) in [5.41, 5.74) is 3.17. The fourth-order valence-electron chi connectivity index (χ4n) is 3.35. The van der Waals surface area contributed by atoms with Crippen LogP contribution in [0.25, 0.3) is 6.08 Å². The Hall–Kier alpha value is -4.05. The molecule has 0 radical (unpaired) electrons. The number of nitrogens with one attached hydrogen (secondary N) is 1. The van der Waals surface area contributed by atoms with Gasteiger partial charge in [-0.15, -0.1) is 0 Å². The van der Waals surface area contributed by atoms with Crippen LogP contribution in [-0.4, -0.2) is 5.91 Å². The number of halogens is 2. The van der Waals surface area contributed by atoms with Gasteiger partial charge in [-0.1, -0.05) is 76.1 Å². The number of nitrogens with zero attached hydrogens (tertiary/aromatic N) is 1. The number of anilines is 1. The molecule has 4 rings (SSSR count). The molecule has 0 heterocycles. The number of carbonyl (C=O) groups excluding carboxylic acids is 1. The third kappa shape index (κ3) is 7.71. The van der Waals surface area contributed by atoms with Crippen molar-refractivity contribution in [3.8, 4) is 17.6 Å². The average molecular weight is 574 g/mol. The maximum absolute atomic E-state index is 12.7. The summed E-state index contributed by atoms with van der Waals surface area (Å²) < 4.78 is 12.6. The minimum absolute atomic E-state index is 0.0519. The van der Waals surface area contributed by atoms with Gasteiger partial charge >= 0.3 is 0 Å². The summed E-state index contributed by atoms with van der Waals surface area (Å²) in [5, 5.41) is 12.7. The maximum atomic E-state index is 12.7. The predicted molar refractivity (Wildman–Crippen MR) is 149 cm³/mol. The van der Waals surface area contributed by atoms with Crippen LogP contribution in [0.4, 0.5) is 5.69 Å². The molecule has 4 aromatic carbocycles. The van der Waals surface area contributed by atoms with Crippen LogP contribution < -0.4 is 14.8 Å². The van der Waals surface area contributed by atoms with Gasteiger partial charge in [0.2, 0.25) is 0 Å². The van der Waals surface area contributed by atoms with Gasteiger partial charge in [-0.25, -0.2) is 0 Å². The first-order valence-electron chi connectivity index (χ1n) is 11.4. The van der Waals surface area contributed by atoms with Gasteiger partial charge in [-0.2, -0.15) is 5.26 Å². The molecule has 4 aromatic rings. The molecule has 0 bridgehead atoms. The number of benzene rings is 4. The van der Waals surface area contributed by atoms with E-state index in [9.17, 15) is 10.1 Å². The van der Waals surface area contributed by atoms with E-state index in [2.05, 4.69) is 21.2 Å². The number of carbonyl (C=O) groups is 1. The SMILES string of the molecule is N#C/C(=C\c1ccc(OCc2ccc(Br)cc2)c(Cl)c1)C(=O)Nc1ccc(OCc2ccccc2)cc1. The molecule has 0 fully saturated rings. The minimum Gasteiger partial charge on any atom is -0.489 e. The molecule has 0 aliphatic rings. The molecule has 0 saturated heterocycles. The first-order valence-corrected chi connectivity index (χ1v) is 12.5. The highest BCUT2D eigenvalue weighted by atomic mass is 79.9. The Morgan fingerprint density at radius 1 is 0.892 bits per heavy atom. The molecule has 0 atom stereocenters. The molecular weight excluding hydrogens is 552 g/mol. The van der Waals surface area contributed by atoms with Crippen molar-refractivity contribution in [1.29, 1.82) is 5.26 Å². The van der Waals surface area contributed by atoms with Crippen LogP contribution in [-0.2, 0) is 18.0 Å². The van der Waals surface area contributed by atoms with Gasteiger partial charge in [-0.05, 0) is 71.3 Å². The van der Waals surface area contributed by atoms with Gasteiger partial charge in [0.25, 0.3) is 5.91 Å². The molecular formula is C30H22BrClN2O3. The van der Waals surface area contributed by atoms with Crippen molar-refractivity contribution < 1.29 is 14.3 Å². The van der Waals surface area contributed by atoms with Crippen molar-refractivity contribution in [1.82, 2.24) is 0 Å². The highest BCUT2D eigenvalue weighted by Gasteiger charge is 2.11. The molecule has 0 saturated carbocycles. The number of hydrogen-bond donors (Lipinski definition) is 1. The monoisotopic (exact) mass is 572 g/mol. The fraction of sp³-hybridized carbons (Fsp3) is 0.0667. The Bertz CT molecular complexity index is 1430. The van der Waals surface area contributed by atoms with E-state index in [1.165, 1.54) is 6.08 Å². The smallest absolute Gasteiger partial charge is 0.266 e. The summed E-state index contributed by atoms with van der Waals surface area (Å²) in [6, 6.07) is 31.7. The van der Waals surface area contributed by atoms with Crippen LogP contribution in [0.3, 0.4) is 0 Å². The lowest BCUT2D eigenvalue weighted by molar-refractivity contribution is -0.112. The highest BCUT2D eigenvalue weighted by Crippen LogP contribution is 2.28. The Labute approximate surface area is 229 Å². The Morgan fingerprint density at radius 2 is 1.57 bits per heavy atom. The fourth-order valence-corrected chi connectivity index (χ4v) is 3.86. The van der Waals surface area contributed by atoms with Crippen LogP contribution >= 0.6 is 27.5 Å². The zero-order valence-electron chi connectivity index (χ0n) is 19.7. The van der Waals surface area contributed by atoms with E-state index in [1.54, 1.807) is 42.5 Å². The molecule has 0 aromatic heterocycles. The number of nitriles is 1. The number of amides is 1. The van der Waals surface area contributed by atoms with Crippen LogP contribution in [0, 0.1) is 11.3 Å². The Morgan fingerprint density at radius 3 is 2.24 bits per heavy atom. The lowest BCUT2D eigenvalue weighted by atomic mass is 10.1. The largest absolute Gasteiger partial charge is 0.489 e. The lowest BCUT2D eigenvalue weighted by Crippen LogP contribution is -2.13. The summed E-state index contributed by atoms with van der Waals surface area (Å²) in [7, 11) is 0. The van der Waals surface area contributed by atoms with E-state index in [1.807, 2.05) is 60.7 Å². The molecule has 7 heteroatoms. The Kier molecular flexibility index (Phi) is 8.98. The summed E-state index contributed by atoms with van der Waals surface area (Å²) >= 11 is 9.79. The first kappa shape index (κ1) is 26.0. The topological polar surface area (TPSA) is 71.3 Å². The van der Waals surface area contributed by atoms with E-state index < -0.39 is 5.91 Å². The summed E-state index contributed by atoms with van der Waals surface area (Å²) in [4.78, 5) is 12.7. The molecule has 0 aliphatic heterocycles. The summed E-state index contributed by atoms with van der Waals surface area (Å²) in [5.74, 6) is 0.668. The predicted octanol–water partition coefficient (Wildman–Crippen LogP) is 7.81. The van der Waals surface area contributed by atoms with E-state index in [4.69, 9.17) is 21.1 Å². The Balaban J connectivity index is 1.35. The molecule has 0 aliphatic carbocycles. The quantitative estimate of drug-likeness (QED) is 0.164. The third-order valence-electron chi connectivity index (χ3n) is 5.30. The normalized spacial score (nSPS) is 10.9. The number of ether oxygens (including phenoxy) is 2. The second-order valence-corrected chi connectivity index (χ2v) is 9.35. The highest BCUT2D eigenvalue weighted by molar-refractivity contribution is 9.10. The molecule has 1 amide bonds. The van der Waals surface area contributed by atoms with Crippen molar-refractivity contribution in [2.75, 3.05) is 5.32 Å². The molecule has 1 N–H and O–H groups in total. The lowest BCUT2D eigenvalue weighted by Gasteiger charge is -2.10. The summed E-state index contributed by atoms with van der Waals surface area (Å²) in [6.45, 7) is 0.814. The van der Waals surface area contributed by atoms with Crippen molar-refractivity contribution >= 4 is 45.2 Å². The van der Waals surface area contributed by atoms with Crippen LogP contribution in [0.2, 0.25) is 5.02 Å². The molecule has 37 heavy (non-hydrogen) atoms. The zero-order valence-corrected chi connectivity index (χ0v) is 22.0. The standard InChI is InChI=1S/C30H22BrClN2O3/c31-25-9-6-22(7-10-25)20-37-29-15-8-23(17-28(29)32)16-24(18-33)30(35)34-26-11-13-27(14-12-26)36-19-21-4-2-1-3-5-21/h1-17H,19-20H2,(H,34,35)/b24-16+. The third-order valence-corrected chi connectivity index (χ3v) is 6.12. The van der Waals surface area contributed by atoms with Gasteiger partial charge in [-0.3, -0.25) is 4.79 Å². The summed E-state index contributed by atoms with van der Waals surface area (Å²) in [6.07, 6.45) is 1.48. The van der Waals surface area contributed by atoms with E-state index in [-0.39, 0.29) is 5.57 Å². The van der Waals surface area contributed by atoms with Crippen molar-refractivity contribution in [2.24, 2.45) is 0 Å². The number of rotatable bonds is 9. The molecule has 184 valence electrons. The number of hydrogen-bond acceptors (Lipinski definition) is 4. The van der Waals surface area contributed by atoms with E-state index >= 15 is 0 Å². The van der Waals surface area contributed by atoms with Gasteiger partial charge in [0.1, 0.15) is 36.4 Å². The first-order chi connectivity index (χ1) is 18.0. The van der Waals surface area contributed by atoms with Gasteiger partial charge in [0.15, 0.2) is 0 Å². The van der Waals surface area contributed by atoms with Crippen LogP contribution in [0.5, 0.6) is 11.5 Å². The molecule has 0 unspecified atom stereocenters. The van der Waals surface area contributed by atoms with Gasteiger partial charge in [0, 0.05) is 10.2 Å². The maximum Gasteiger partial charge on any atom is 0.266 e.